The van der Waals surface area contributed by atoms with E-state index in [0.717, 1.165) is 36.5 Å². The number of benzene rings is 3. The van der Waals surface area contributed by atoms with E-state index in [1.54, 1.807) is 45.9 Å². The Morgan fingerprint density at radius 3 is 2.33 bits per heavy atom. The minimum atomic E-state index is -1.17. The molecule has 3 aromatic carbocycles. The molecule has 9 heteroatoms. The first-order valence-electron chi connectivity index (χ1n) is 14.9. The van der Waals surface area contributed by atoms with Gasteiger partial charge >= 0.3 is 6.09 Å². The predicted molar refractivity (Wildman–Crippen MR) is 176 cm³/mol. The number of phenols is 1. The molecule has 0 heterocycles. The summed E-state index contributed by atoms with van der Waals surface area (Å²) >= 11 is 4.36. The average molecular weight is 608 g/mol. The van der Waals surface area contributed by atoms with Crippen molar-refractivity contribution in [3.8, 4) is 5.75 Å². The first kappa shape index (κ1) is 33.8. The van der Waals surface area contributed by atoms with Gasteiger partial charge in [0, 0.05) is 23.5 Å². The maximum Gasteiger partial charge on any atom is 0.408 e. The van der Waals surface area contributed by atoms with Crippen molar-refractivity contribution in [2.75, 3.05) is 17.6 Å². The number of nitrogens with zero attached hydrogens (tertiary/aromatic N) is 1. The van der Waals surface area contributed by atoms with Crippen LogP contribution < -0.4 is 10.6 Å². The maximum atomic E-state index is 14.2. The van der Waals surface area contributed by atoms with Crippen molar-refractivity contribution in [3.63, 3.8) is 0 Å². The van der Waals surface area contributed by atoms with Crippen LogP contribution in [0.1, 0.15) is 77.0 Å². The molecule has 2 atom stereocenters. The molecule has 0 radical (unpaired) electrons. The van der Waals surface area contributed by atoms with Crippen molar-refractivity contribution in [3.05, 3.63) is 71.8 Å². The molecule has 0 saturated carbocycles. The molecule has 0 saturated heterocycles. The number of anilines is 1. The number of hydrogen-bond acceptors (Lipinski definition) is 6. The zero-order chi connectivity index (χ0) is 31.6. The van der Waals surface area contributed by atoms with Crippen molar-refractivity contribution in [1.82, 2.24) is 10.2 Å². The number of aromatic hydroxyl groups is 1. The minimum Gasteiger partial charge on any atom is -0.507 e. The van der Waals surface area contributed by atoms with E-state index in [0.29, 0.717) is 23.2 Å². The molecule has 0 spiro atoms. The summed E-state index contributed by atoms with van der Waals surface area (Å²) in [5, 5.41) is 18.7. The Kier molecular flexibility index (Phi) is 12.3. The van der Waals surface area contributed by atoms with Crippen molar-refractivity contribution >= 4 is 47.0 Å². The monoisotopic (exact) mass is 607 g/mol. The van der Waals surface area contributed by atoms with Crippen LogP contribution in [0.25, 0.3) is 10.8 Å². The van der Waals surface area contributed by atoms with Gasteiger partial charge in [0.15, 0.2) is 0 Å². The summed E-state index contributed by atoms with van der Waals surface area (Å²) in [6.07, 6.45) is 3.88. The van der Waals surface area contributed by atoms with E-state index in [1.807, 2.05) is 42.5 Å². The molecule has 3 amide bonds. The van der Waals surface area contributed by atoms with E-state index < -0.39 is 35.6 Å². The Labute approximate surface area is 260 Å². The normalized spacial score (nSPS) is 12.8. The van der Waals surface area contributed by atoms with E-state index in [4.69, 9.17) is 4.74 Å². The van der Waals surface area contributed by atoms with Crippen LogP contribution in [-0.4, -0.2) is 51.9 Å². The SMILES string of the molecule is CCCCCCCN(C(=O)C(CS)NC(=O)OC(C)(C)C)C(C(=O)Nc1ccc2ccccc2c1)c1cccc(C)c1O. The predicted octanol–water partition coefficient (Wildman–Crippen LogP) is 7.16. The van der Waals surface area contributed by atoms with Crippen molar-refractivity contribution in [1.29, 1.82) is 0 Å². The van der Waals surface area contributed by atoms with Gasteiger partial charge in [-0.25, -0.2) is 4.79 Å². The second-order valence-electron chi connectivity index (χ2n) is 11.8. The van der Waals surface area contributed by atoms with Gasteiger partial charge in [-0.1, -0.05) is 81.1 Å². The summed E-state index contributed by atoms with van der Waals surface area (Å²) in [5.74, 6) is -1.04. The van der Waals surface area contributed by atoms with Crippen molar-refractivity contribution < 1.29 is 24.2 Å². The van der Waals surface area contributed by atoms with Gasteiger partial charge in [-0.2, -0.15) is 12.6 Å². The molecular weight excluding hydrogens is 562 g/mol. The molecule has 0 aliphatic heterocycles. The molecule has 3 N–H and O–H groups in total. The Bertz CT molecular complexity index is 1400. The first-order valence-corrected chi connectivity index (χ1v) is 15.6. The van der Waals surface area contributed by atoms with E-state index in [1.165, 1.54) is 4.90 Å². The van der Waals surface area contributed by atoms with Crippen LogP contribution in [-0.2, 0) is 14.3 Å². The molecule has 0 aliphatic carbocycles. The Hall–Kier alpha value is -3.72. The van der Waals surface area contributed by atoms with Crippen LogP contribution in [0.15, 0.2) is 60.7 Å². The molecule has 8 nitrogen and oxygen atoms in total. The van der Waals surface area contributed by atoms with Gasteiger partial charge < -0.3 is 25.4 Å². The maximum absolute atomic E-state index is 14.2. The number of fused-ring (bicyclic) bond motifs is 1. The van der Waals surface area contributed by atoms with Gasteiger partial charge in [-0.15, -0.1) is 0 Å². The van der Waals surface area contributed by atoms with Crippen molar-refractivity contribution in [2.24, 2.45) is 0 Å². The summed E-state index contributed by atoms with van der Waals surface area (Å²) in [7, 11) is 0. The third kappa shape index (κ3) is 9.64. The zero-order valence-corrected chi connectivity index (χ0v) is 26.7. The van der Waals surface area contributed by atoms with Crippen molar-refractivity contribution in [2.45, 2.75) is 84.4 Å². The lowest BCUT2D eigenvalue weighted by atomic mass is 9.98. The number of carbonyl (C=O) groups is 3. The van der Waals surface area contributed by atoms with Crippen LogP contribution in [0.3, 0.4) is 0 Å². The van der Waals surface area contributed by atoms with Crippen LogP contribution in [0.4, 0.5) is 10.5 Å². The van der Waals surface area contributed by atoms with E-state index in [2.05, 4.69) is 30.2 Å². The van der Waals surface area contributed by atoms with Gasteiger partial charge in [0.2, 0.25) is 5.91 Å². The van der Waals surface area contributed by atoms with Crippen LogP contribution in [0, 0.1) is 6.92 Å². The van der Waals surface area contributed by atoms with Gasteiger partial charge in [-0.3, -0.25) is 9.59 Å². The second kappa shape index (κ2) is 15.7. The number of nitrogens with one attached hydrogen (secondary N) is 2. The van der Waals surface area contributed by atoms with Gasteiger partial charge in [0.1, 0.15) is 23.4 Å². The van der Waals surface area contributed by atoms with E-state index in [9.17, 15) is 19.5 Å². The third-order valence-corrected chi connectivity index (χ3v) is 7.46. The first-order chi connectivity index (χ1) is 20.4. The fourth-order valence-corrected chi connectivity index (χ4v) is 5.17. The quantitative estimate of drug-likeness (QED) is 0.122. The van der Waals surface area contributed by atoms with Gasteiger partial charge in [0.05, 0.1) is 0 Å². The number of phenolic OH excluding ortho intramolecular Hbond substituents is 1. The molecular formula is C34H45N3O5S. The number of thiol groups is 1. The van der Waals surface area contributed by atoms with E-state index in [-0.39, 0.29) is 18.0 Å². The van der Waals surface area contributed by atoms with Gasteiger partial charge in [-0.05, 0) is 62.6 Å². The highest BCUT2D eigenvalue weighted by Gasteiger charge is 2.37. The van der Waals surface area contributed by atoms with Crippen LogP contribution in [0.5, 0.6) is 5.75 Å². The number of aryl methyl sites for hydroxylation is 1. The number of para-hydroxylation sites is 1. The largest absolute Gasteiger partial charge is 0.507 e. The summed E-state index contributed by atoms with van der Waals surface area (Å²) < 4.78 is 5.39. The van der Waals surface area contributed by atoms with Gasteiger partial charge in [0.25, 0.3) is 5.91 Å². The Morgan fingerprint density at radius 2 is 1.65 bits per heavy atom. The zero-order valence-electron chi connectivity index (χ0n) is 25.9. The van der Waals surface area contributed by atoms with Crippen LogP contribution in [0.2, 0.25) is 0 Å². The number of amides is 3. The van der Waals surface area contributed by atoms with Crippen LogP contribution >= 0.6 is 12.6 Å². The summed E-state index contributed by atoms with van der Waals surface area (Å²) in [6.45, 7) is 9.32. The molecule has 3 aromatic rings. The average Bonchev–Trinajstić information content (AvgIpc) is 2.95. The Balaban J connectivity index is 2.02. The molecule has 0 aliphatic rings. The molecule has 232 valence electrons. The highest BCUT2D eigenvalue weighted by Crippen LogP contribution is 2.34. The third-order valence-electron chi connectivity index (χ3n) is 7.10. The number of rotatable bonds is 13. The molecule has 2 unspecified atom stereocenters. The molecule has 0 aromatic heterocycles. The fraction of sp³-hybridized carbons (Fsp3) is 0.441. The molecule has 0 bridgehead atoms. The van der Waals surface area contributed by atoms with E-state index >= 15 is 0 Å². The number of hydrogen-bond donors (Lipinski definition) is 4. The number of carbonyl (C=O) groups excluding carboxylic acids is 3. The molecule has 3 rings (SSSR count). The summed E-state index contributed by atoms with van der Waals surface area (Å²) in [6, 6.07) is 16.3. The number of alkyl carbamates (subject to hydrolysis) is 1. The smallest absolute Gasteiger partial charge is 0.408 e. The molecule has 43 heavy (non-hydrogen) atoms. The summed E-state index contributed by atoms with van der Waals surface area (Å²) in [4.78, 5) is 42.5. The highest BCUT2D eigenvalue weighted by atomic mass is 32.1. The minimum absolute atomic E-state index is 0.0107. The standard InChI is InChI=1S/C34H45N3O5S/c1-6-7-8-9-12-20-37(32(40)28(22-43)36-33(41)42-34(3,4)5)29(27-17-13-14-23(2)30(27)38)31(39)35-26-19-18-24-15-10-11-16-25(24)21-26/h10-11,13-19,21,28-29,38,43H,6-9,12,20,22H2,1-5H3,(H,35,39)(H,36,41). The summed E-state index contributed by atoms with van der Waals surface area (Å²) in [5.41, 5.74) is 0.682. The number of unbranched alkanes of at least 4 members (excludes halogenated alkanes) is 4. The highest BCUT2D eigenvalue weighted by molar-refractivity contribution is 7.80. The fourth-order valence-electron chi connectivity index (χ4n) is 4.92. The number of ether oxygens (including phenoxy) is 1. The topological polar surface area (TPSA) is 108 Å². The Morgan fingerprint density at radius 1 is 0.953 bits per heavy atom. The lowest BCUT2D eigenvalue weighted by Gasteiger charge is -2.34. The lowest BCUT2D eigenvalue weighted by Crippen LogP contribution is -2.53. The second-order valence-corrected chi connectivity index (χ2v) is 12.2. The molecule has 0 fully saturated rings. The lowest BCUT2D eigenvalue weighted by molar-refractivity contribution is -0.140.